The number of rotatable bonds is 3. The monoisotopic (exact) mass is 258 g/mol. The Morgan fingerprint density at radius 3 is 2.84 bits per heavy atom. The molecule has 0 spiro atoms. The van der Waals surface area contributed by atoms with Gasteiger partial charge in [-0.1, -0.05) is 12.1 Å². The van der Waals surface area contributed by atoms with E-state index in [1.807, 2.05) is 18.2 Å². The predicted octanol–water partition coefficient (Wildman–Crippen LogP) is 3.60. The Morgan fingerprint density at radius 2 is 2.16 bits per heavy atom. The van der Waals surface area contributed by atoms with Crippen LogP contribution in [0.25, 0.3) is 0 Å². The van der Waals surface area contributed by atoms with Crippen molar-refractivity contribution >= 4 is 5.69 Å². The van der Waals surface area contributed by atoms with Gasteiger partial charge in [-0.15, -0.1) is 0 Å². The molecule has 1 aromatic rings. The highest BCUT2D eigenvalue weighted by Gasteiger charge is 2.39. The molecule has 0 N–H and O–H groups in total. The van der Waals surface area contributed by atoms with E-state index in [1.165, 1.54) is 0 Å². The van der Waals surface area contributed by atoms with Crippen molar-refractivity contribution in [3.05, 3.63) is 24.3 Å². The van der Waals surface area contributed by atoms with Gasteiger partial charge >= 0.3 is 0 Å². The molecule has 3 nitrogen and oxygen atoms in total. The SMILES string of the molecule is COc1ccccc1N1CCCC(CC#N)C1(C)C. The summed E-state index contributed by atoms with van der Waals surface area (Å²) in [6.45, 7) is 5.50. The molecule has 1 saturated heterocycles. The lowest BCUT2D eigenvalue weighted by Crippen LogP contribution is -2.53. The molecular weight excluding hydrogens is 236 g/mol. The quantitative estimate of drug-likeness (QED) is 0.831. The van der Waals surface area contributed by atoms with Crippen LogP contribution in [-0.2, 0) is 0 Å². The standard InChI is InChI=1S/C16H22N2O/c1-16(2)13(10-11-17)7-6-12-18(16)14-8-4-5-9-15(14)19-3/h4-5,8-9,13H,6-7,10,12H2,1-3H3. The second kappa shape index (κ2) is 5.52. The topological polar surface area (TPSA) is 36.3 Å². The number of hydrogen-bond acceptors (Lipinski definition) is 3. The Kier molecular flexibility index (Phi) is 3.99. The summed E-state index contributed by atoms with van der Waals surface area (Å²) in [6.07, 6.45) is 2.89. The van der Waals surface area contributed by atoms with E-state index in [2.05, 4.69) is 30.9 Å². The van der Waals surface area contributed by atoms with E-state index in [9.17, 15) is 0 Å². The highest BCUT2D eigenvalue weighted by atomic mass is 16.5. The number of para-hydroxylation sites is 2. The van der Waals surface area contributed by atoms with Crippen molar-refractivity contribution in [3.63, 3.8) is 0 Å². The molecule has 1 atom stereocenters. The summed E-state index contributed by atoms with van der Waals surface area (Å²) in [4.78, 5) is 2.40. The van der Waals surface area contributed by atoms with Gasteiger partial charge in [0.25, 0.3) is 0 Å². The fraction of sp³-hybridized carbons (Fsp3) is 0.562. The smallest absolute Gasteiger partial charge is 0.142 e. The summed E-state index contributed by atoms with van der Waals surface area (Å²) in [5.41, 5.74) is 1.13. The number of hydrogen-bond donors (Lipinski definition) is 0. The number of anilines is 1. The fourth-order valence-electron chi connectivity index (χ4n) is 3.10. The van der Waals surface area contributed by atoms with Crippen LogP contribution < -0.4 is 9.64 Å². The van der Waals surface area contributed by atoms with Gasteiger partial charge in [0.1, 0.15) is 5.75 Å². The van der Waals surface area contributed by atoms with Crippen molar-refractivity contribution in [1.29, 1.82) is 5.26 Å². The summed E-state index contributed by atoms with van der Waals surface area (Å²) in [5, 5.41) is 9.02. The molecule has 0 aliphatic carbocycles. The van der Waals surface area contributed by atoms with E-state index < -0.39 is 0 Å². The average molecular weight is 258 g/mol. The van der Waals surface area contributed by atoms with Crippen LogP contribution in [0.4, 0.5) is 5.69 Å². The number of nitriles is 1. The normalized spacial score (nSPS) is 21.8. The van der Waals surface area contributed by atoms with Crippen molar-refractivity contribution in [2.75, 3.05) is 18.6 Å². The molecule has 1 fully saturated rings. The molecule has 1 aliphatic heterocycles. The van der Waals surface area contributed by atoms with Crippen LogP contribution in [0.2, 0.25) is 0 Å². The largest absolute Gasteiger partial charge is 0.495 e. The van der Waals surface area contributed by atoms with Crippen LogP contribution in [-0.4, -0.2) is 19.2 Å². The van der Waals surface area contributed by atoms with Crippen molar-refractivity contribution in [2.45, 2.75) is 38.6 Å². The Balaban J connectivity index is 2.35. The van der Waals surface area contributed by atoms with Crippen LogP contribution in [0, 0.1) is 17.2 Å². The van der Waals surface area contributed by atoms with Gasteiger partial charge in [0.05, 0.1) is 18.9 Å². The molecule has 1 unspecified atom stereocenters. The lowest BCUT2D eigenvalue weighted by Gasteiger charge is -2.49. The van der Waals surface area contributed by atoms with Crippen LogP contribution in [0.5, 0.6) is 5.75 Å². The fourth-order valence-corrected chi connectivity index (χ4v) is 3.10. The maximum Gasteiger partial charge on any atom is 0.142 e. The lowest BCUT2D eigenvalue weighted by atomic mass is 9.77. The molecular formula is C16H22N2O. The number of benzene rings is 1. The van der Waals surface area contributed by atoms with Crippen LogP contribution in [0.1, 0.15) is 33.1 Å². The Bertz CT molecular complexity index is 476. The number of methoxy groups -OCH3 is 1. The van der Waals surface area contributed by atoms with Gasteiger partial charge in [-0.05, 0) is 44.7 Å². The van der Waals surface area contributed by atoms with E-state index >= 15 is 0 Å². The molecule has 0 aromatic heterocycles. The summed E-state index contributed by atoms with van der Waals surface area (Å²) in [6, 6.07) is 10.5. The van der Waals surface area contributed by atoms with Crippen LogP contribution in [0.15, 0.2) is 24.3 Å². The molecule has 19 heavy (non-hydrogen) atoms. The number of piperidine rings is 1. The molecule has 1 aromatic carbocycles. The molecule has 1 aliphatic rings. The number of ether oxygens (including phenoxy) is 1. The van der Waals surface area contributed by atoms with Crippen molar-refractivity contribution in [1.82, 2.24) is 0 Å². The molecule has 3 heteroatoms. The Morgan fingerprint density at radius 1 is 1.42 bits per heavy atom. The molecule has 102 valence electrons. The maximum atomic E-state index is 9.02. The third-order valence-corrected chi connectivity index (χ3v) is 4.34. The van der Waals surface area contributed by atoms with Crippen LogP contribution in [0.3, 0.4) is 0 Å². The van der Waals surface area contributed by atoms with Crippen molar-refractivity contribution in [2.24, 2.45) is 5.92 Å². The van der Waals surface area contributed by atoms with E-state index in [0.717, 1.165) is 30.8 Å². The van der Waals surface area contributed by atoms with Gasteiger partial charge in [0, 0.05) is 18.5 Å². The zero-order chi connectivity index (χ0) is 13.9. The molecule has 2 rings (SSSR count). The highest BCUT2D eigenvalue weighted by molar-refractivity contribution is 5.60. The Hall–Kier alpha value is -1.69. The lowest BCUT2D eigenvalue weighted by molar-refractivity contribution is 0.240. The minimum atomic E-state index is -0.0113. The first-order valence-corrected chi connectivity index (χ1v) is 6.89. The van der Waals surface area contributed by atoms with Crippen molar-refractivity contribution < 1.29 is 4.74 Å². The van der Waals surface area contributed by atoms with E-state index in [1.54, 1.807) is 7.11 Å². The zero-order valence-electron chi connectivity index (χ0n) is 12.0. The second-order valence-corrected chi connectivity index (χ2v) is 5.68. The first kappa shape index (κ1) is 13.7. The molecule has 0 amide bonds. The van der Waals surface area contributed by atoms with Gasteiger partial charge in [0.2, 0.25) is 0 Å². The zero-order valence-corrected chi connectivity index (χ0v) is 12.0. The van der Waals surface area contributed by atoms with Gasteiger partial charge in [0.15, 0.2) is 0 Å². The summed E-state index contributed by atoms with van der Waals surface area (Å²) < 4.78 is 5.48. The third kappa shape index (κ3) is 2.53. The van der Waals surface area contributed by atoms with Gasteiger partial charge in [-0.3, -0.25) is 0 Å². The van der Waals surface area contributed by atoms with Gasteiger partial charge in [-0.2, -0.15) is 5.26 Å². The van der Waals surface area contributed by atoms with E-state index in [4.69, 9.17) is 10.00 Å². The second-order valence-electron chi connectivity index (χ2n) is 5.68. The predicted molar refractivity (Wildman–Crippen MR) is 77.4 cm³/mol. The summed E-state index contributed by atoms with van der Waals surface area (Å²) in [5.74, 6) is 1.32. The Labute approximate surface area is 115 Å². The van der Waals surface area contributed by atoms with Crippen LogP contribution >= 0.6 is 0 Å². The molecule has 0 saturated carbocycles. The molecule has 0 bridgehead atoms. The summed E-state index contributed by atoms with van der Waals surface area (Å²) >= 11 is 0. The third-order valence-electron chi connectivity index (χ3n) is 4.34. The first-order valence-electron chi connectivity index (χ1n) is 6.89. The van der Waals surface area contributed by atoms with Gasteiger partial charge in [-0.25, -0.2) is 0 Å². The average Bonchev–Trinajstić information content (AvgIpc) is 2.41. The summed E-state index contributed by atoms with van der Waals surface area (Å²) in [7, 11) is 1.71. The molecule has 0 radical (unpaired) electrons. The van der Waals surface area contributed by atoms with Gasteiger partial charge < -0.3 is 9.64 Å². The number of nitrogens with zero attached hydrogens (tertiary/aromatic N) is 2. The first-order chi connectivity index (χ1) is 9.11. The van der Waals surface area contributed by atoms with Crippen molar-refractivity contribution in [3.8, 4) is 11.8 Å². The minimum absolute atomic E-state index is 0.0113. The van der Waals surface area contributed by atoms with E-state index in [0.29, 0.717) is 12.3 Å². The highest BCUT2D eigenvalue weighted by Crippen LogP contribution is 2.41. The minimum Gasteiger partial charge on any atom is -0.495 e. The van der Waals surface area contributed by atoms with E-state index in [-0.39, 0.29) is 5.54 Å². The maximum absolute atomic E-state index is 9.02. The molecule has 1 heterocycles.